The summed E-state index contributed by atoms with van der Waals surface area (Å²) in [7, 11) is 1.20. The second-order valence-electron chi connectivity index (χ2n) is 8.56. The molecule has 1 heterocycles. The minimum atomic E-state index is -1.18. The molecule has 34 heavy (non-hydrogen) atoms. The minimum absolute atomic E-state index is 0.107. The maximum atomic E-state index is 13.1. The molecule has 1 saturated heterocycles. The van der Waals surface area contributed by atoms with Crippen molar-refractivity contribution < 1.29 is 29.0 Å². The van der Waals surface area contributed by atoms with Crippen molar-refractivity contribution in [3.63, 3.8) is 0 Å². The first kappa shape index (κ1) is 25.2. The first-order chi connectivity index (χ1) is 16.3. The van der Waals surface area contributed by atoms with Crippen LogP contribution in [0.1, 0.15) is 46.8 Å². The molecule has 1 fully saturated rings. The lowest BCUT2D eigenvalue weighted by atomic mass is 9.94. The smallest absolute Gasteiger partial charge is 0.410 e. The molecule has 3 rings (SSSR count). The van der Waals surface area contributed by atoms with Gasteiger partial charge < -0.3 is 24.8 Å². The maximum Gasteiger partial charge on any atom is 0.410 e. The van der Waals surface area contributed by atoms with Gasteiger partial charge in [0.05, 0.1) is 13.2 Å². The third-order valence-corrected chi connectivity index (χ3v) is 6.08. The number of aliphatic hydroxyl groups excluding tert-OH is 1. The molecule has 8 nitrogen and oxygen atoms in total. The van der Waals surface area contributed by atoms with E-state index in [0.29, 0.717) is 18.5 Å². The van der Waals surface area contributed by atoms with Gasteiger partial charge in [-0.05, 0) is 49.8 Å². The van der Waals surface area contributed by atoms with Crippen molar-refractivity contribution in [3.05, 3.63) is 70.8 Å². The second kappa shape index (κ2) is 11.7. The van der Waals surface area contributed by atoms with Gasteiger partial charge in [0.15, 0.2) is 6.04 Å². The molecule has 0 saturated carbocycles. The predicted octanol–water partition coefficient (Wildman–Crippen LogP) is 2.99. The van der Waals surface area contributed by atoms with Gasteiger partial charge in [0.25, 0.3) is 5.91 Å². The monoisotopic (exact) mass is 468 g/mol. The number of aryl methyl sites for hydroxylation is 1. The van der Waals surface area contributed by atoms with Crippen LogP contribution in [0.5, 0.6) is 0 Å². The Morgan fingerprint density at radius 2 is 1.88 bits per heavy atom. The summed E-state index contributed by atoms with van der Waals surface area (Å²) in [5.41, 5.74) is 2.85. The molecule has 0 spiro atoms. The zero-order valence-electron chi connectivity index (χ0n) is 19.8. The lowest BCUT2D eigenvalue weighted by Gasteiger charge is -2.26. The van der Waals surface area contributed by atoms with Gasteiger partial charge >= 0.3 is 12.1 Å². The highest BCUT2D eigenvalue weighted by atomic mass is 16.6. The summed E-state index contributed by atoms with van der Waals surface area (Å²) < 4.78 is 10.2. The molecule has 1 aliphatic rings. The van der Waals surface area contributed by atoms with Crippen molar-refractivity contribution in [1.82, 2.24) is 10.2 Å². The number of rotatable bonds is 8. The first-order valence-corrected chi connectivity index (χ1v) is 11.4. The molecule has 1 aliphatic heterocycles. The van der Waals surface area contributed by atoms with Crippen LogP contribution in [0.25, 0.3) is 0 Å². The van der Waals surface area contributed by atoms with Crippen LogP contribution in [0.2, 0.25) is 0 Å². The highest BCUT2D eigenvalue weighted by Gasteiger charge is 2.32. The molecule has 0 radical (unpaired) electrons. The number of methoxy groups -OCH3 is 1. The number of aliphatic hydroxyl groups is 1. The number of ether oxygens (including phenoxy) is 2. The summed E-state index contributed by atoms with van der Waals surface area (Å²) in [6.45, 7) is 4.03. The Morgan fingerprint density at radius 1 is 1.15 bits per heavy atom. The Bertz CT molecular complexity index is 1010. The molecule has 8 heteroatoms. The zero-order valence-corrected chi connectivity index (χ0v) is 19.8. The quantitative estimate of drug-likeness (QED) is 0.577. The summed E-state index contributed by atoms with van der Waals surface area (Å²) in [5.74, 6) is -1.19. The molecule has 0 aromatic heterocycles. The lowest BCUT2D eigenvalue weighted by Crippen LogP contribution is -2.48. The topological polar surface area (TPSA) is 105 Å². The van der Waals surface area contributed by atoms with Gasteiger partial charge in [0.2, 0.25) is 0 Å². The molecule has 1 unspecified atom stereocenters. The molecule has 0 aliphatic carbocycles. The van der Waals surface area contributed by atoms with Crippen molar-refractivity contribution in [3.8, 4) is 0 Å². The summed E-state index contributed by atoms with van der Waals surface area (Å²) >= 11 is 0. The van der Waals surface area contributed by atoms with Crippen LogP contribution >= 0.6 is 0 Å². The van der Waals surface area contributed by atoms with E-state index in [9.17, 15) is 19.5 Å². The van der Waals surface area contributed by atoms with Crippen molar-refractivity contribution in [1.29, 1.82) is 0 Å². The lowest BCUT2D eigenvalue weighted by molar-refractivity contribution is -0.145. The van der Waals surface area contributed by atoms with Gasteiger partial charge in [-0.1, -0.05) is 48.5 Å². The van der Waals surface area contributed by atoms with Crippen LogP contribution in [0.3, 0.4) is 0 Å². The Kier molecular flexibility index (Phi) is 8.65. The number of amides is 2. The highest BCUT2D eigenvalue weighted by Crippen LogP contribution is 2.25. The number of likely N-dealkylation sites (tertiary alicyclic amines) is 1. The molecule has 2 aromatic rings. The fraction of sp³-hybridized carbons (Fsp3) is 0.423. The SMILES string of the molecule is COC(=O)[C@H](NC(=O)c1c(C)cccc1CC1CCCN1C(=O)OCc1ccccc1)[C@H](C)O. The number of carbonyl (C=O) groups is 3. The summed E-state index contributed by atoms with van der Waals surface area (Å²) in [6, 6.07) is 13.8. The molecule has 2 amide bonds. The largest absolute Gasteiger partial charge is 0.467 e. The van der Waals surface area contributed by atoms with Gasteiger partial charge in [-0.15, -0.1) is 0 Å². The molecule has 2 N–H and O–H groups in total. The van der Waals surface area contributed by atoms with Gasteiger partial charge in [0, 0.05) is 18.2 Å². The van der Waals surface area contributed by atoms with Gasteiger partial charge in [-0.2, -0.15) is 0 Å². The first-order valence-electron chi connectivity index (χ1n) is 11.4. The summed E-state index contributed by atoms with van der Waals surface area (Å²) in [4.78, 5) is 39.6. The molecular formula is C26H32N2O6. The van der Waals surface area contributed by atoms with Crippen LogP contribution in [-0.4, -0.2) is 59.8 Å². The maximum absolute atomic E-state index is 13.1. The number of nitrogens with one attached hydrogen (secondary N) is 1. The molecule has 2 aromatic carbocycles. The van der Waals surface area contributed by atoms with E-state index in [1.807, 2.05) is 55.5 Å². The number of benzene rings is 2. The Morgan fingerprint density at radius 3 is 2.56 bits per heavy atom. The van der Waals surface area contributed by atoms with E-state index in [1.54, 1.807) is 4.90 Å². The van der Waals surface area contributed by atoms with Crippen LogP contribution in [-0.2, 0) is 27.3 Å². The van der Waals surface area contributed by atoms with Gasteiger partial charge in [-0.3, -0.25) is 4.79 Å². The van der Waals surface area contributed by atoms with E-state index >= 15 is 0 Å². The average molecular weight is 469 g/mol. The average Bonchev–Trinajstić information content (AvgIpc) is 3.29. The fourth-order valence-corrected chi connectivity index (χ4v) is 4.28. The van der Waals surface area contributed by atoms with E-state index in [0.717, 1.165) is 29.5 Å². The minimum Gasteiger partial charge on any atom is -0.467 e. The molecular weight excluding hydrogens is 436 g/mol. The van der Waals surface area contributed by atoms with Crippen molar-refractivity contribution in [2.45, 2.75) is 57.9 Å². The third kappa shape index (κ3) is 6.14. The van der Waals surface area contributed by atoms with Crippen LogP contribution in [0.4, 0.5) is 4.79 Å². The Labute approximate surface area is 199 Å². The van der Waals surface area contributed by atoms with Gasteiger partial charge in [-0.25, -0.2) is 9.59 Å². The van der Waals surface area contributed by atoms with Crippen molar-refractivity contribution >= 4 is 18.0 Å². The predicted molar refractivity (Wildman–Crippen MR) is 126 cm³/mol. The highest BCUT2D eigenvalue weighted by molar-refractivity contribution is 5.99. The van der Waals surface area contributed by atoms with Gasteiger partial charge in [0.1, 0.15) is 6.61 Å². The Hall–Kier alpha value is -3.39. The number of carbonyl (C=O) groups excluding carboxylic acids is 3. The van der Waals surface area contributed by atoms with E-state index in [4.69, 9.17) is 9.47 Å². The number of hydrogen-bond acceptors (Lipinski definition) is 6. The number of hydrogen-bond donors (Lipinski definition) is 2. The second-order valence-corrected chi connectivity index (χ2v) is 8.56. The number of nitrogens with zero attached hydrogens (tertiary/aromatic N) is 1. The summed E-state index contributed by atoms with van der Waals surface area (Å²) in [6.07, 6.45) is 0.639. The fourth-order valence-electron chi connectivity index (χ4n) is 4.28. The van der Waals surface area contributed by atoms with E-state index in [1.165, 1.54) is 14.0 Å². The van der Waals surface area contributed by atoms with Crippen molar-refractivity contribution in [2.24, 2.45) is 0 Å². The van der Waals surface area contributed by atoms with Crippen molar-refractivity contribution in [2.75, 3.05) is 13.7 Å². The molecule has 3 atom stereocenters. The van der Waals surface area contributed by atoms with E-state index in [2.05, 4.69) is 5.32 Å². The summed E-state index contributed by atoms with van der Waals surface area (Å²) in [5, 5.41) is 12.5. The van der Waals surface area contributed by atoms with Crippen LogP contribution in [0, 0.1) is 6.92 Å². The molecule has 182 valence electrons. The number of esters is 1. The van der Waals surface area contributed by atoms with E-state index in [-0.39, 0.29) is 18.7 Å². The third-order valence-electron chi connectivity index (χ3n) is 6.08. The normalized spacial score (nSPS) is 17.1. The standard InChI is InChI=1S/C26H32N2O6/c1-17-9-7-12-20(22(17)24(30)27-23(18(2)29)25(31)33-3)15-21-13-8-14-28(21)26(32)34-16-19-10-5-4-6-11-19/h4-7,9-12,18,21,23,29H,8,13-16H2,1-3H3,(H,27,30)/t18-,21?,23+/m0/s1. The van der Waals surface area contributed by atoms with Crippen LogP contribution in [0.15, 0.2) is 48.5 Å². The molecule has 0 bridgehead atoms. The zero-order chi connectivity index (χ0) is 24.7. The Balaban J connectivity index is 1.73. The van der Waals surface area contributed by atoms with Crippen LogP contribution < -0.4 is 5.32 Å². The van der Waals surface area contributed by atoms with E-state index < -0.39 is 24.0 Å².